The number of aromatic nitrogens is 4. The first-order valence-corrected chi connectivity index (χ1v) is 8.95. The number of imidazole rings is 1. The van der Waals surface area contributed by atoms with E-state index in [4.69, 9.17) is 9.15 Å². The maximum atomic E-state index is 5.77. The highest BCUT2D eigenvalue weighted by molar-refractivity contribution is 7.98. The minimum absolute atomic E-state index is 0.468. The van der Waals surface area contributed by atoms with Crippen molar-refractivity contribution < 1.29 is 9.15 Å². The van der Waals surface area contributed by atoms with E-state index in [1.807, 2.05) is 35.0 Å². The third kappa shape index (κ3) is 3.03. The van der Waals surface area contributed by atoms with E-state index in [0.717, 1.165) is 35.3 Å². The molecule has 0 unspecified atom stereocenters. The molecule has 1 aromatic carbocycles. The molecule has 1 aliphatic rings. The SMILES string of the molecule is COc1cccc(-n2ccnc2SCc2nnc(C3CCC3)o2)c1. The molecule has 2 heterocycles. The summed E-state index contributed by atoms with van der Waals surface area (Å²) in [5.41, 5.74) is 1.01. The van der Waals surface area contributed by atoms with Gasteiger partial charge in [-0.25, -0.2) is 4.98 Å². The van der Waals surface area contributed by atoms with Crippen molar-refractivity contribution >= 4 is 11.8 Å². The van der Waals surface area contributed by atoms with Crippen LogP contribution < -0.4 is 4.74 Å². The number of methoxy groups -OCH3 is 1. The molecule has 0 saturated heterocycles. The van der Waals surface area contributed by atoms with Crippen LogP contribution in [-0.2, 0) is 5.75 Å². The number of hydrogen-bond donors (Lipinski definition) is 0. The van der Waals surface area contributed by atoms with Crippen LogP contribution in [0.1, 0.15) is 37.0 Å². The lowest BCUT2D eigenvalue weighted by Gasteiger charge is -2.20. The lowest BCUT2D eigenvalue weighted by atomic mass is 9.85. The van der Waals surface area contributed by atoms with Crippen LogP contribution in [0.15, 0.2) is 46.2 Å². The van der Waals surface area contributed by atoms with Crippen molar-refractivity contribution in [2.75, 3.05) is 7.11 Å². The van der Waals surface area contributed by atoms with Gasteiger partial charge in [-0.1, -0.05) is 24.2 Å². The first-order chi connectivity index (χ1) is 11.8. The molecule has 0 atom stereocenters. The molecule has 1 saturated carbocycles. The van der Waals surface area contributed by atoms with E-state index in [1.165, 1.54) is 6.42 Å². The number of nitrogens with zero attached hydrogens (tertiary/aromatic N) is 4. The van der Waals surface area contributed by atoms with Gasteiger partial charge in [0.05, 0.1) is 18.6 Å². The summed E-state index contributed by atoms with van der Waals surface area (Å²) in [6, 6.07) is 7.89. The Morgan fingerprint density at radius 2 is 2.25 bits per heavy atom. The fourth-order valence-electron chi connectivity index (χ4n) is 2.62. The van der Waals surface area contributed by atoms with Crippen LogP contribution in [0, 0.1) is 0 Å². The zero-order valence-electron chi connectivity index (χ0n) is 13.4. The van der Waals surface area contributed by atoms with Gasteiger partial charge in [-0.05, 0) is 25.0 Å². The molecule has 7 heteroatoms. The molecule has 24 heavy (non-hydrogen) atoms. The van der Waals surface area contributed by atoms with Crippen LogP contribution in [0.3, 0.4) is 0 Å². The largest absolute Gasteiger partial charge is 0.497 e. The van der Waals surface area contributed by atoms with E-state index >= 15 is 0 Å². The average molecular weight is 342 g/mol. The molecule has 0 bridgehead atoms. The minimum Gasteiger partial charge on any atom is -0.497 e. The van der Waals surface area contributed by atoms with Gasteiger partial charge in [-0.15, -0.1) is 10.2 Å². The highest BCUT2D eigenvalue weighted by Gasteiger charge is 2.25. The Morgan fingerprint density at radius 3 is 3.04 bits per heavy atom. The van der Waals surface area contributed by atoms with E-state index in [-0.39, 0.29) is 0 Å². The molecule has 4 rings (SSSR count). The van der Waals surface area contributed by atoms with Crippen molar-refractivity contribution in [2.24, 2.45) is 0 Å². The highest BCUT2D eigenvalue weighted by Crippen LogP contribution is 2.35. The van der Waals surface area contributed by atoms with Gasteiger partial charge in [0.1, 0.15) is 5.75 Å². The summed E-state index contributed by atoms with van der Waals surface area (Å²) < 4.78 is 13.1. The summed E-state index contributed by atoms with van der Waals surface area (Å²) >= 11 is 1.58. The lowest BCUT2D eigenvalue weighted by Crippen LogP contribution is -2.08. The van der Waals surface area contributed by atoms with E-state index < -0.39 is 0 Å². The fraction of sp³-hybridized carbons (Fsp3) is 0.353. The van der Waals surface area contributed by atoms with Gasteiger partial charge < -0.3 is 9.15 Å². The van der Waals surface area contributed by atoms with Crippen LogP contribution in [0.5, 0.6) is 5.75 Å². The second-order valence-corrected chi connectivity index (χ2v) is 6.67. The van der Waals surface area contributed by atoms with Gasteiger partial charge in [-0.3, -0.25) is 4.57 Å². The van der Waals surface area contributed by atoms with Crippen LogP contribution in [-0.4, -0.2) is 26.9 Å². The molecule has 6 nitrogen and oxygen atoms in total. The predicted molar refractivity (Wildman–Crippen MR) is 90.6 cm³/mol. The average Bonchev–Trinajstić information content (AvgIpc) is 3.20. The lowest BCUT2D eigenvalue weighted by molar-refractivity contribution is 0.328. The van der Waals surface area contributed by atoms with Crippen molar-refractivity contribution in [3.63, 3.8) is 0 Å². The molecule has 124 valence electrons. The first kappa shape index (κ1) is 15.3. The Hall–Kier alpha value is -2.28. The van der Waals surface area contributed by atoms with Crippen molar-refractivity contribution in [1.82, 2.24) is 19.7 Å². The molecule has 1 fully saturated rings. The van der Waals surface area contributed by atoms with E-state index in [9.17, 15) is 0 Å². The third-order valence-corrected chi connectivity index (χ3v) is 5.15. The number of rotatable bonds is 6. The Morgan fingerprint density at radius 1 is 1.33 bits per heavy atom. The highest BCUT2D eigenvalue weighted by atomic mass is 32.2. The number of benzene rings is 1. The van der Waals surface area contributed by atoms with E-state index in [1.54, 1.807) is 25.1 Å². The van der Waals surface area contributed by atoms with Crippen LogP contribution in [0.25, 0.3) is 5.69 Å². The van der Waals surface area contributed by atoms with Crippen molar-refractivity contribution in [1.29, 1.82) is 0 Å². The topological polar surface area (TPSA) is 66.0 Å². The molecule has 0 amide bonds. The summed E-state index contributed by atoms with van der Waals surface area (Å²) in [6.07, 6.45) is 7.30. The van der Waals surface area contributed by atoms with Gasteiger partial charge in [0.2, 0.25) is 11.8 Å². The molecule has 0 spiro atoms. The molecule has 0 N–H and O–H groups in total. The summed E-state index contributed by atoms with van der Waals surface area (Å²) in [4.78, 5) is 4.43. The van der Waals surface area contributed by atoms with Gasteiger partial charge in [0, 0.05) is 24.4 Å². The number of hydrogen-bond acceptors (Lipinski definition) is 6. The second kappa shape index (κ2) is 6.68. The molecule has 0 radical (unpaired) electrons. The fourth-order valence-corrected chi connectivity index (χ4v) is 3.43. The van der Waals surface area contributed by atoms with Crippen LogP contribution in [0.4, 0.5) is 0 Å². The maximum Gasteiger partial charge on any atom is 0.226 e. The molecule has 2 aromatic heterocycles. The Labute approximate surface area is 144 Å². The smallest absolute Gasteiger partial charge is 0.226 e. The van der Waals surface area contributed by atoms with Crippen molar-refractivity contribution in [3.8, 4) is 11.4 Å². The Kier molecular flexibility index (Phi) is 4.25. The zero-order chi connectivity index (χ0) is 16.4. The van der Waals surface area contributed by atoms with Crippen LogP contribution in [0.2, 0.25) is 0 Å². The van der Waals surface area contributed by atoms with E-state index in [0.29, 0.717) is 17.6 Å². The number of thioether (sulfide) groups is 1. The van der Waals surface area contributed by atoms with Gasteiger partial charge in [0.25, 0.3) is 0 Å². The van der Waals surface area contributed by atoms with Crippen molar-refractivity contribution in [3.05, 3.63) is 48.4 Å². The summed E-state index contributed by atoms with van der Waals surface area (Å²) in [7, 11) is 1.66. The first-order valence-electron chi connectivity index (χ1n) is 7.96. The predicted octanol–water partition coefficient (Wildman–Crippen LogP) is 3.82. The van der Waals surface area contributed by atoms with E-state index in [2.05, 4.69) is 15.2 Å². The molecular formula is C17H18N4O2S. The molecule has 1 aliphatic carbocycles. The standard InChI is InChI=1S/C17H18N4O2S/c1-22-14-7-3-6-13(10-14)21-9-8-18-17(21)24-11-15-19-20-16(23-15)12-4-2-5-12/h3,6-10,12H,2,4-5,11H2,1H3. The second-order valence-electron chi connectivity index (χ2n) is 5.73. The zero-order valence-corrected chi connectivity index (χ0v) is 14.2. The summed E-state index contributed by atoms with van der Waals surface area (Å²) in [6.45, 7) is 0. The van der Waals surface area contributed by atoms with Gasteiger partial charge in [-0.2, -0.15) is 0 Å². The minimum atomic E-state index is 0.468. The van der Waals surface area contributed by atoms with Gasteiger partial charge >= 0.3 is 0 Å². The number of ether oxygens (including phenoxy) is 1. The molecular weight excluding hydrogens is 324 g/mol. The normalized spacial score (nSPS) is 14.5. The molecule has 3 aromatic rings. The summed E-state index contributed by atoms with van der Waals surface area (Å²) in [5.74, 6) is 3.34. The Balaban J connectivity index is 1.47. The van der Waals surface area contributed by atoms with Gasteiger partial charge in [0.15, 0.2) is 5.16 Å². The third-order valence-electron chi connectivity index (χ3n) is 4.20. The Bertz CT molecular complexity index is 825. The van der Waals surface area contributed by atoms with Crippen molar-refractivity contribution in [2.45, 2.75) is 36.1 Å². The quantitative estimate of drug-likeness (QED) is 0.634. The van der Waals surface area contributed by atoms with Crippen LogP contribution >= 0.6 is 11.8 Å². The summed E-state index contributed by atoms with van der Waals surface area (Å²) in [5, 5.41) is 9.20. The molecule has 0 aliphatic heterocycles. The monoisotopic (exact) mass is 342 g/mol. The maximum absolute atomic E-state index is 5.77.